The van der Waals surface area contributed by atoms with Gasteiger partial charge in [0.25, 0.3) is 0 Å². The first-order valence-electron chi connectivity index (χ1n) is 9.18. The van der Waals surface area contributed by atoms with E-state index in [0.29, 0.717) is 12.8 Å². The summed E-state index contributed by atoms with van der Waals surface area (Å²) in [7, 11) is 1.39. The number of rotatable bonds is 3. The van der Waals surface area contributed by atoms with Gasteiger partial charge in [0.1, 0.15) is 6.10 Å². The zero-order valence-corrected chi connectivity index (χ0v) is 15.7. The highest BCUT2D eigenvalue weighted by atomic mass is 16.6. The fourth-order valence-corrected chi connectivity index (χ4v) is 5.50. The number of methoxy groups -OCH3 is 1. The molecular weight excluding hydrogens is 348 g/mol. The van der Waals surface area contributed by atoms with Crippen molar-refractivity contribution in [1.29, 1.82) is 0 Å². The lowest BCUT2D eigenvalue weighted by Crippen LogP contribution is -2.71. The molecule has 6 heteroatoms. The molecule has 1 N–H and O–H groups in total. The number of allylic oxidation sites excluding steroid dienone is 1. The van der Waals surface area contributed by atoms with E-state index in [1.807, 2.05) is 32.1 Å². The van der Waals surface area contributed by atoms with Crippen LogP contribution >= 0.6 is 0 Å². The second-order valence-corrected chi connectivity index (χ2v) is 8.26. The van der Waals surface area contributed by atoms with E-state index in [1.165, 1.54) is 7.11 Å². The zero-order valence-electron chi connectivity index (χ0n) is 15.7. The fraction of sp³-hybridized carbons (Fsp3) is 0.524. The van der Waals surface area contributed by atoms with Gasteiger partial charge in [-0.3, -0.25) is 4.79 Å². The molecule has 2 aliphatic heterocycles. The summed E-state index contributed by atoms with van der Waals surface area (Å²) in [5.74, 6) is -1.57. The van der Waals surface area contributed by atoms with E-state index in [2.05, 4.69) is 0 Å². The van der Waals surface area contributed by atoms with E-state index in [4.69, 9.17) is 13.9 Å². The van der Waals surface area contributed by atoms with Crippen molar-refractivity contribution in [3.05, 3.63) is 42.4 Å². The maximum Gasteiger partial charge on any atom is 0.343 e. The molecule has 6 nitrogen and oxygen atoms in total. The van der Waals surface area contributed by atoms with Crippen molar-refractivity contribution in [3.63, 3.8) is 0 Å². The zero-order chi connectivity index (χ0) is 19.4. The van der Waals surface area contributed by atoms with Crippen LogP contribution in [-0.2, 0) is 19.1 Å². The Bertz CT molecular complexity index is 824. The van der Waals surface area contributed by atoms with Crippen molar-refractivity contribution in [3.8, 4) is 0 Å². The van der Waals surface area contributed by atoms with Crippen LogP contribution in [0.2, 0.25) is 0 Å². The fourth-order valence-electron chi connectivity index (χ4n) is 5.50. The minimum absolute atomic E-state index is 0.265. The molecule has 144 valence electrons. The average molecular weight is 372 g/mol. The number of ether oxygens (including phenoxy) is 2. The van der Waals surface area contributed by atoms with Crippen LogP contribution in [0.25, 0.3) is 6.08 Å². The van der Waals surface area contributed by atoms with Crippen molar-refractivity contribution < 1.29 is 28.6 Å². The van der Waals surface area contributed by atoms with Crippen LogP contribution in [0.1, 0.15) is 32.3 Å². The van der Waals surface area contributed by atoms with Gasteiger partial charge in [0.05, 0.1) is 25.6 Å². The Morgan fingerprint density at radius 3 is 2.81 bits per heavy atom. The van der Waals surface area contributed by atoms with Crippen LogP contribution in [0, 0.1) is 22.7 Å². The van der Waals surface area contributed by atoms with Gasteiger partial charge in [-0.15, -0.1) is 0 Å². The molecule has 2 aliphatic carbocycles. The summed E-state index contributed by atoms with van der Waals surface area (Å²) < 4.78 is 15.7. The third-order valence-electron chi connectivity index (χ3n) is 7.00. The lowest BCUT2D eigenvalue weighted by atomic mass is 9.43. The van der Waals surface area contributed by atoms with Gasteiger partial charge in [-0.2, -0.15) is 0 Å². The molecule has 4 aliphatic rings. The van der Waals surface area contributed by atoms with Crippen molar-refractivity contribution >= 4 is 18.0 Å². The quantitative estimate of drug-likeness (QED) is 0.649. The molecule has 5 rings (SSSR count). The lowest BCUT2D eigenvalue weighted by molar-refractivity contribution is -0.241. The topological polar surface area (TPSA) is 86.0 Å². The molecule has 2 bridgehead atoms. The molecule has 0 amide bonds. The molecule has 1 saturated heterocycles. The molecule has 0 radical (unpaired) electrons. The first-order valence-corrected chi connectivity index (χ1v) is 9.18. The maximum absolute atomic E-state index is 12.6. The summed E-state index contributed by atoms with van der Waals surface area (Å²) in [6.07, 6.45) is 11.0. The van der Waals surface area contributed by atoms with E-state index in [0.717, 1.165) is 5.56 Å². The highest BCUT2D eigenvalue weighted by Crippen LogP contribution is 2.65. The van der Waals surface area contributed by atoms with Crippen molar-refractivity contribution in [2.75, 3.05) is 7.11 Å². The number of furan rings is 1. The Balaban J connectivity index is 1.84. The monoisotopic (exact) mass is 372 g/mol. The van der Waals surface area contributed by atoms with Gasteiger partial charge < -0.3 is 19.0 Å². The molecule has 27 heavy (non-hydrogen) atoms. The third kappa shape index (κ3) is 2.29. The largest absolute Gasteiger partial charge is 0.472 e. The smallest absolute Gasteiger partial charge is 0.343 e. The molecule has 0 unspecified atom stereocenters. The van der Waals surface area contributed by atoms with E-state index in [1.54, 1.807) is 24.7 Å². The number of hydrogen-bond donors (Lipinski definition) is 1. The molecule has 3 heterocycles. The van der Waals surface area contributed by atoms with Crippen LogP contribution in [0.4, 0.5) is 0 Å². The van der Waals surface area contributed by atoms with E-state index >= 15 is 0 Å². The number of carbonyl (C=O) groups is 2. The predicted octanol–water partition coefficient (Wildman–Crippen LogP) is 2.73. The van der Waals surface area contributed by atoms with Crippen molar-refractivity contribution in [1.82, 2.24) is 0 Å². The summed E-state index contributed by atoms with van der Waals surface area (Å²) in [5.41, 5.74) is -2.22. The minimum atomic E-state index is -1.68. The number of esters is 2. The summed E-state index contributed by atoms with van der Waals surface area (Å²) >= 11 is 0. The Morgan fingerprint density at radius 2 is 2.19 bits per heavy atom. The number of aliphatic hydroxyl groups is 1. The molecule has 2 fully saturated rings. The van der Waals surface area contributed by atoms with Gasteiger partial charge in [-0.1, -0.05) is 26.0 Å². The van der Waals surface area contributed by atoms with Gasteiger partial charge in [0.15, 0.2) is 5.60 Å². The minimum Gasteiger partial charge on any atom is -0.472 e. The van der Waals surface area contributed by atoms with Crippen LogP contribution in [-0.4, -0.2) is 35.9 Å². The third-order valence-corrected chi connectivity index (χ3v) is 7.00. The van der Waals surface area contributed by atoms with Gasteiger partial charge in [-0.25, -0.2) is 4.79 Å². The lowest BCUT2D eigenvalue weighted by Gasteiger charge is -2.63. The Morgan fingerprint density at radius 1 is 1.41 bits per heavy atom. The van der Waals surface area contributed by atoms with Crippen LogP contribution in [0.15, 0.2) is 41.2 Å². The summed E-state index contributed by atoms with van der Waals surface area (Å²) in [6, 6.07) is 1.83. The average Bonchev–Trinajstić information content (AvgIpc) is 3.15. The first kappa shape index (κ1) is 18.0. The normalized spacial score (nSPS) is 42.8. The number of carbonyl (C=O) groups excluding carboxylic acids is 2. The predicted molar refractivity (Wildman–Crippen MR) is 96.2 cm³/mol. The Kier molecular flexibility index (Phi) is 3.89. The molecule has 0 spiro atoms. The summed E-state index contributed by atoms with van der Waals surface area (Å²) in [6.45, 7) is 3.91. The van der Waals surface area contributed by atoms with Crippen LogP contribution in [0.5, 0.6) is 0 Å². The van der Waals surface area contributed by atoms with Gasteiger partial charge in [0, 0.05) is 22.3 Å². The Labute approximate surface area is 157 Å². The van der Waals surface area contributed by atoms with Gasteiger partial charge in [-0.05, 0) is 31.1 Å². The molecule has 1 aromatic rings. The van der Waals surface area contributed by atoms with Crippen molar-refractivity contribution in [2.24, 2.45) is 22.7 Å². The highest BCUT2D eigenvalue weighted by Gasteiger charge is 2.71. The number of fused-ring (bicyclic) bond motifs is 1. The maximum atomic E-state index is 12.6. The van der Waals surface area contributed by atoms with Gasteiger partial charge >= 0.3 is 11.9 Å². The standard InChI is InChI=1S/C21H24O6/c1-19(8-4-13-7-11-26-12-13)14(17(22)25-3)5-9-20(2)16(19)15-6-10-21(20,24)18(23)27-15/h4,6-8,10-12,14-16,24H,5,9H2,1-3H3/t14-,15+,16-,19+,20+,21-/m1/s1. The van der Waals surface area contributed by atoms with Crippen LogP contribution < -0.4 is 0 Å². The summed E-state index contributed by atoms with van der Waals surface area (Å²) in [5, 5.41) is 11.2. The Hall–Kier alpha value is -2.34. The SMILES string of the molecule is COC(=O)[C@H]1CC[C@@]2(C)[C@H]([C@@H]3C=C[C@@]2(O)C(=O)O3)[C@@]1(C)C=Cc1ccoc1. The summed E-state index contributed by atoms with van der Waals surface area (Å²) in [4.78, 5) is 25.0. The van der Waals surface area contributed by atoms with E-state index in [-0.39, 0.29) is 11.9 Å². The van der Waals surface area contributed by atoms with E-state index < -0.39 is 34.4 Å². The second kappa shape index (κ2) is 5.83. The highest BCUT2D eigenvalue weighted by molar-refractivity contribution is 5.86. The first-order chi connectivity index (χ1) is 12.8. The van der Waals surface area contributed by atoms with Crippen LogP contribution in [0.3, 0.4) is 0 Å². The van der Waals surface area contributed by atoms with Crippen molar-refractivity contribution in [2.45, 2.75) is 38.4 Å². The number of hydrogen-bond acceptors (Lipinski definition) is 6. The second-order valence-electron chi connectivity index (χ2n) is 8.26. The molecule has 1 saturated carbocycles. The van der Waals surface area contributed by atoms with E-state index in [9.17, 15) is 14.7 Å². The molecule has 6 atom stereocenters. The molecule has 1 aromatic heterocycles. The molecule has 0 aromatic carbocycles. The van der Waals surface area contributed by atoms with Gasteiger partial charge in [0.2, 0.25) is 0 Å². The molecular formula is C21H24O6.